The van der Waals surface area contributed by atoms with Crippen molar-refractivity contribution in [1.29, 1.82) is 0 Å². The van der Waals surface area contributed by atoms with Gasteiger partial charge in [0.1, 0.15) is 0 Å². The van der Waals surface area contributed by atoms with Gasteiger partial charge in [0.15, 0.2) is 0 Å². The number of carbonyl (C=O) groups is 1. The van der Waals surface area contributed by atoms with Crippen LogP contribution in [0, 0.1) is 5.92 Å². The van der Waals surface area contributed by atoms with Crippen LogP contribution in [0.3, 0.4) is 0 Å². The Morgan fingerprint density at radius 3 is 2.75 bits per heavy atom. The van der Waals surface area contributed by atoms with Gasteiger partial charge < -0.3 is 10.6 Å². The normalized spacial score (nSPS) is 24.6. The third-order valence-corrected chi connectivity index (χ3v) is 3.51. The van der Waals surface area contributed by atoms with Crippen LogP contribution in [0.25, 0.3) is 0 Å². The van der Waals surface area contributed by atoms with E-state index in [1.165, 1.54) is 25.7 Å². The van der Waals surface area contributed by atoms with Gasteiger partial charge in [-0.2, -0.15) is 0 Å². The first-order chi connectivity index (χ1) is 7.77. The highest BCUT2D eigenvalue weighted by molar-refractivity contribution is 5.75. The van der Waals surface area contributed by atoms with E-state index in [-0.39, 0.29) is 5.91 Å². The van der Waals surface area contributed by atoms with Crippen molar-refractivity contribution in [2.45, 2.75) is 58.4 Å². The maximum atomic E-state index is 11.4. The van der Waals surface area contributed by atoms with Gasteiger partial charge in [-0.1, -0.05) is 26.7 Å². The summed E-state index contributed by atoms with van der Waals surface area (Å²) in [6, 6.07) is 0.656. The molecule has 2 N–H and O–H groups in total. The van der Waals surface area contributed by atoms with E-state index < -0.39 is 0 Å². The molecule has 1 saturated carbocycles. The fourth-order valence-corrected chi connectivity index (χ4v) is 2.52. The average Bonchev–Trinajstić information content (AvgIpc) is 2.74. The van der Waals surface area contributed by atoms with Crippen molar-refractivity contribution in [2.75, 3.05) is 13.1 Å². The molecular weight excluding hydrogens is 200 g/mol. The molecule has 0 saturated heterocycles. The summed E-state index contributed by atoms with van der Waals surface area (Å²) < 4.78 is 0. The molecule has 0 heterocycles. The van der Waals surface area contributed by atoms with Crippen LogP contribution in [0.15, 0.2) is 0 Å². The van der Waals surface area contributed by atoms with Gasteiger partial charge in [0.05, 0.1) is 0 Å². The van der Waals surface area contributed by atoms with Gasteiger partial charge in [-0.3, -0.25) is 4.79 Å². The summed E-state index contributed by atoms with van der Waals surface area (Å²) in [5.41, 5.74) is 0. The minimum atomic E-state index is 0.181. The molecule has 1 fully saturated rings. The van der Waals surface area contributed by atoms with Crippen LogP contribution < -0.4 is 10.6 Å². The quantitative estimate of drug-likeness (QED) is 0.698. The Labute approximate surface area is 99.4 Å². The Morgan fingerprint density at radius 2 is 2.06 bits per heavy atom. The predicted octanol–water partition coefficient (Wildman–Crippen LogP) is 2.07. The monoisotopic (exact) mass is 226 g/mol. The van der Waals surface area contributed by atoms with E-state index in [1.807, 2.05) is 0 Å². The number of hydrogen-bond donors (Lipinski definition) is 2. The van der Waals surface area contributed by atoms with E-state index in [1.54, 1.807) is 0 Å². The van der Waals surface area contributed by atoms with Gasteiger partial charge in [-0.05, 0) is 25.2 Å². The zero-order chi connectivity index (χ0) is 11.8. The topological polar surface area (TPSA) is 41.1 Å². The molecule has 94 valence electrons. The Balaban J connectivity index is 2.08. The molecule has 3 heteroatoms. The SMILES string of the molecule is CCCNC(=O)CCNC1CCCC1CC. The Bertz CT molecular complexity index is 206. The molecule has 0 bridgehead atoms. The summed E-state index contributed by atoms with van der Waals surface area (Å²) in [5.74, 6) is 1.01. The minimum absolute atomic E-state index is 0.181. The fourth-order valence-electron chi connectivity index (χ4n) is 2.52. The van der Waals surface area contributed by atoms with E-state index in [9.17, 15) is 4.79 Å². The van der Waals surface area contributed by atoms with Gasteiger partial charge in [-0.15, -0.1) is 0 Å². The summed E-state index contributed by atoms with van der Waals surface area (Å²) >= 11 is 0. The van der Waals surface area contributed by atoms with Crippen LogP contribution in [-0.4, -0.2) is 25.0 Å². The number of hydrogen-bond acceptors (Lipinski definition) is 2. The molecule has 16 heavy (non-hydrogen) atoms. The maximum Gasteiger partial charge on any atom is 0.221 e. The van der Waals surface area contributed by atoms with E-state index in [0.29, 0.717) is 12.5 Å². The molecular formula is C13H26N2O. The maximum absolute atomic E-state index is 11.4. The van der Waals surface area contributed by atoms with E-state index in [2.05, 4.69) is 24.5 Å². The third-order valence-electron chi connectivity index (χ3n) is 3.51. The highest BCUT2D eigenvalue weighted by Crippen LogP contribution is 2.27. The molecule has 0 radical (unpaired) electrons. The largest absolute Gasteiger partial charge is 0.356 e. The molecule has 2 unspecified atom stereocenters. The van der Waals surface area contributed by atoms with Gasteiger partial charge >= 0.3 is 0 Å². The van der Waals surface area contributed by atoms with E-state index in [0.717, 1.165) is 25.4 Å². The van der Waals surface area contributed by atoms with Crippen LogP contribution in [0.5, 0.6) is 0 Å². The van der Waals surface area contributed by atoms with Gasteiger partial charge in [-0.25, -0.2) is 0 Å². The van der Waals surface area contributed by atoms with Crippen molar-refractivity contribution in [3.05, 3.63) is 0 Å². The highest BCUT2D eigenvalue weighted by atomic mass is 16.1. The smallest absolute Gasteiger partial charge is 0.221 e. The Morgan fingerprint density at radius 1 is 1.25 bits per heavy atom. The fraction of sp³-hybridized carbons (Fsp3) is 0.923. The molecule has 0 spiro atoms. The molecule has 1 aliphatic carbocycles. The second-order valence-electron chi connectivity index (χ2n) is 4.76. The molecule has 0 aliphatic heterocycles. The van der Waals surface area contributed by atoms with Crippen LogP contribution in [-0.2, 0) is 4.79 Å². The molecule has 3 nitrogen and oxygen atoms in total. The highest BCUT2D eigenvalue weighted by Gasteiger charge is 2.24. The van der Waals surface area contributed by atoms with Crippen molar-refractivity contribution < 1.29 is 4.79 Å². The summed E-state index contributed by atoms with van der Waals surface area (Å²) in [4.78, 5) is 11.4. The van der Waals surface area contributed by atoms with Crippen LogP contribution in [0.1, 0.15) is 52.4 Å². The second-order valence-corrected chi connectivity index (χ2v) is 4.76. The molecule has 1 rings (SSSR count). The van der Waals surface area contributed by atoms with Gasteiger partial charge in [0.25, 0.3) is 0 Å². The first-order valence-corrected chi connectivity index (χ1v) is 6.78. The number of carbonyl (C=O) groups excluding carboxylic acids is 1. The Kier molecular flexibility index (Phi) is 6.46. The second kappa shape index (κ2) is 7.66. The standard InChI is InChI=1S/C13H26N2O/c1-3-9-15-13(16)8-10-14-12-7-5-6-11(12)4-2/h11-12,14H,3-10H2,1-2H3,(H,15,16). The first-order valence-electron chi connectivity index (χ1n) is 6.78. The van der Waals surface area contributed by atoms with Crippen LogP contribution in [0.2, 0.25) is 0 Å². The molecule has 1 amide bonds. The summed E-state index contributed by atoms with van der Waals surface area (Å²) in [6.07, 6.45) is 6.88. The Hall–Kier alpha value is -0.570. The van der Waals surface area contributed by atoms with Crippen molar-refractivity contribution in [2.24, 2.45) is 5.92 Å². The van der Waals surface area contributed by atoms with Gasteiger partial charge in [0, 0.05) is 25.6 Å². The van der Waals surface area contributed by atoms with E-state index in [4.69, 9.17) is 0 Å². The number of nitrogens with one attached hydrogen (secondary N) is 2. The molecule has 2 atom stereocenters. The van der Waals surface area contributed by atoms with Crippen LogP contribution >= 0.6 is 0 Å². The lowest BCUT2D eigenvalue weighted by atomic mass is 10.0. The van der Waals surface area contributed by atoms with Gasteiger partial charge in [0.2, 0.25) is 5.91 Å². The lowest BCUT2D eigenvalue weighted by Gasteiger charge is -2.19. The van der Waals surface area contributed by atoms with Crippen molar-refractivity contribution in [1.82, 2.24) is 10.6 Å². The molecule has 0 aromatic heterocycles. The van der Waals surface area contributed by atoms with Crippen molar-refractivity contribution in [3.63, 3.8) is 0 Å². The lowest BCUT2D eigenvalue weighted by Crippen LogP contribution is -2.35. The number of amides is 1. The summed E-state index contributed by atoms with van der Waals surface area (Å²) in [7, 11) is 0. The van der Waals surface area contributed by atoms with Crippen molar-refractivity contribution >= 4 is 5.91 Å². The minimum Gasteiger partial charge on any atom is -0.356 e. The predicted molar refractivity (Wildman–Crippen MR) is 67.3 cm³/mol. The number of rotatable bonds is 7. The molecule has 0 aromatic carbocycles. The third kappa shape index (κ3) is 4.52. The summed E-state index contributed by atoms with van der Waals surface area (Å²) in [6.45, 7) is 5.97. The zero-order valence-corrected chi connectivity index (χ0v) is 10.7. The van der Waals surface area contributed by atoms with Crippen molar-refractivity contribution in [3.8, 4) is 0 Å². The molecule has 1 aliphatic rings. The zero-order valence-electron chi connectivity index (χ0n) is 10.7. The first kappa shape index (κ1) is 13.5. The summed E-state index contributed by atoms with van der Waals surface area (Å²) in [5, 5.41) is 6.43. The van der Waals surface area contributed by atoms with Crippen LogP contribution in [0.4, 0.5) is 0 Å². The molecule has 0 aromatic rings. The lowest BCUT2D eigenvalue weighted by molar-refractivity contribution is -0.121. The average molecular weight is 226 g/mol. The van der Waals surface area contributed by atoms with E-state index >= 15 is 0 Å².